The number of amides is 1. The van der Waals surface area contributed by atoms with Crippen molar-refractivity contribution in [3.8, 4) is 0 Å². The van der Waals surface area contributed by atoms with Gasteiger partial charge in [0.2, 0.25) is 5.91 Å². The quantitative estimate of drug-likeness (QED) is 0.692. The molecule has 28 heavy (non-hydrogen) atoms. The number of thioether (sulfide) groups is 1. The van der Waals surface area contributed by atoms with E-state index in [4.69, 9.17) is 0 Å². The van der Waals surface area contributed by atoms with E-state index in [0.717, 1.165) is 50.0 Å². The van der Waals surface area contributed by atoms with Gasteiger partial charge in [-0.3, -0.25) is 4.79 Å². The van der Waals surface area contributed by atoms with Crippen LogP contribution in [0, 0.1) is 0 Å². The molecule has 0 radical (unpaired) electrons. The summed E-state index contributed by atoms with van der Waals surface area (Å²) in [6, 6.07) is 10.7. The van der Waals surface area contributed by atoms with Crippen molar-refractivity contribution in [2.45, 2.75) is 56.3 Å². The minimum Gasteiger partial charge on any atom is -0.353 e. The number of rotatable bonds is 8. The fourth-order valence-electron chi connectivity index (χ4n) is 3.76. The molecule has 0 spiro atoms. The van der Waals surface area contributed by atoms with Crippen molar-refractivity contribution in [3.63, 3.8) is 0 Å². The number of carbonyl (C=O) groups excluding carboxylic acids is 1. The van der Waals surface area contributed by atoms with Crippen LogP contribution in [-0.2, 0) is 11.3 Å². The zero-order valence-electron chi connectivity index (χ0n) is 16.5. The summed E-state index contributed by atoms with van der Waals surface area (Å²) in [5, 5.41) is 12.9. The SMILES string of the molecule is CCN1CCC(NC(=O)CSc2nnc(C3CC3)n2Cc2ccccc2)CC1. The summed E-state index contributed by atoms with van der Waals surface area (Å²) in [4.78, 5) is 14.9. The van der Waals surface area contributed by atoms with Crippen LogP contribution in [0.5, 0.6) is 0 Å². The van der Waals surface area contributed by atoms with Gasteiger partial charge in [0.1, 0.15) is 5.82 Å². The Morgan fingerprint density at radius 3 is 2.57 bits per heavy atom. The van der Waals surface area contributed by atoms with Gasteiger partial charge in [0.25, 0.3) is 0 Å². The number of nitrogens with one attached hydrogen (secondary N) is 1. The zero-order valence-corrected chi connectivity index (χ0v) is 17.3. The molecule has 2 aromatic rings. The van der Waals surface area contributed by atoms with Crippen molar-refractivity contribution < 1.29 is 4.79 Å². The molecular weight excluding hydrogens is 370 g/mol. The minimum absolute atomic E-state index is 0.0992. The minimum atomic E-state index is 0.0992. The van der Waals surface area contributed by atoms with Crippen molar-refractivity contribution in [2.75, 3.05) is 25.4 Å². The van der Waals surface area contributed by atoms with Crippen molar-refractivity contribution in [3.05, 3.63) is 41.7 Å². The molecule has 1 saturated carbocycles. The number of hydrogen-bond acceptors (Lipinski definition) is 5. The maximum absolute atomic E-state index is 12.5. The number of aromatic nitrogens is 3. The van der Waals surface area contributed by atoms with E-state index in [2.05, 4.69) is 56.2 Å². The molecule has 2 heterocycles. The predicted molar refractivity (Wildman–Crippen MR) is 112 cm³/mol. The number of likely N-dealkylation sites (tertiary alicyclic amines) is 1. The molecule has 1 aliphatic carbocycles. The van der Waals surface area contributed by atoms with Gasteiger partial charge >= 0.3 is 0 Å². The monoisotopic (exact) mass is 399 g/mol. The Balaban J connectivity index is 1.35. The third kappa shape index (κ3) is 4.94. The molecule has 150 valence electrons. The average Bonchev–Trinajstić information content (AvgIpc) is 3.49. The Labute approximate surface area is 171 Å². The molecule has 1 aromatic carbocycles. The van der Waals surface area contributed by atoms with Crippen LogP contribution in [0.2, 0.25) is 0 Å². The summed E-state index contributed by atoms with van der Waals surface area (Å²) >= 11 is 1.50. The first kappa shape index (κ1) is 19.5. The summed E-state index contributed by atoms with van der Waals surface area (Å²) in [6.07, 6.45) is 4.46. The van der Waals surface area contributed by atoms with Crippen LogP contribution in [0.3, 0.4) is 0 Å². The van der Waals surface area contributed by atoms with Crippen molar-refractivity contribution in [2.24, 2.45) is 0 Å². The Kier molecular flexibility index (Phi) is 6.32. The van der Waals surface area contributed by atoms with Gasteiger partial charge in [0.15, 0.2) is 5.16 Å². The van der Waals surface area contributed by atoms with Crippen LogP contribution < -0.4 is 5.32 Å². The molecule has 2 fully saturated rings. The summed E-state index contributed by atoms with van der Waals surface area (Å²) in [5.74, 6) is 2.09. The normalized spacial score (nSPS) is 18.3. The van der Waals surface area contributed by atoms with Crippen molar-refractivity contribution in [1.82, 2.24) is 25.0 Å². The molecule has 4 rings (SSSR count). The maximum Gasteiger partial charge on any atom is 0.230 e. The van der Waals surface area contributed by atoms with E-state index in [9.17, 15) is 4.79 Å². The molecule has 1 aromatic heterocycles. The number of nitrogens with zero attached hydrogens (tertiary/aromatic N) is 4. The highest BCUT2D eigenvalue weighted by Gasteiger charge is 2.30. The molecule has 0 atom stereocenters. The first-order valence-corrected chi connectivity index (χ1v) is 11.3. The Morgan fingerprint density at radius 2 is 1.89 bits per heavy atom. The van der Waals surface area contributed by atoms with Gasteiger partial charge in [-0.2, -0.15) is 0 Å². The van der Waals surface area contributed by atoms with E-state index >= 15 is 0 Å². The summed E-state index contributed by atoms with van der Waals surface area (Å²) in [5.41, 5.74) is 1.23. The molecule has 7 heteroatoms. The third-order valence-corrected chi connectivity index (χ3v) is 6.57. The van der Waals surface area contributed by atoms with E-state index in [1.165, 1.54) is 30.2 Å². The fourth-order valence-corrected chi connectivity index (χ4v) is 4.51. The van der Waals surface area contributed by atoms with Gasteiger partial charge < -0.3 is 14.8 Å². The standard InChI is InChI=1S/C21H29N5OS/c1-2-25-12-10-18(11-13-25)22-19(27)15-28-21-24-23-20(17-8-9-17)26(21)14-16-6-4-3-5-7-16/h3-7,17-18H,2,8-15H2,1H3,(H,22,27). The molecular formula is C21H29N5OS. The van der Waals surface area contributed by atoms with Gasteiger partial charge in [0.05, 0.1) is 12.3 Å². The lowest BCUT2D eigenvalue weighted by atomic mass is 10.1. The van der Waals surface area contributed by atoms with E-state index in [1.807, 2.05) is 6.07 Å². The highest BCUT2D eigenvalue weighted by molar-refractivity contribution is 7.99. The lowest BCUT2D eigenvalue weighted by Crippen LogP contribution is -2.45. The van der Waals surface area contributed by atoms with E-state index in [1.54, 1.807) is 0 Å². The molecule has 0 bridgehead atoms. The Morgan fingerprint density at radius 1 is 1.14 bits per heavy atom. The van der Waals surface area contributed by atoms with E-state index < -0.39 is 0 Å². The zero-order chi connectivity index (χ0) is 19.3. The fraction of sp³-hybridized carbons (Fsp3) is 0.571. The van der Waals surface area contributed by atoms with Gasteiger partial charge in [-0.25, -0.2) is 0 Å². The highest BCUT2D eigenvalue weighted by Crippen LogP contribution is 2.40. The van der Waals surface area contributed by atoms with Crippen molar-refractivity contribution >= 4 is 17.7 Å². The van der Waals surface area contributed by atoms with Crippen LogP contribution in [0.25, 0.3) is 0 Å². The summed E-state index contributed by atoms with van der Waals surface area (Å²) in [6.45, 7) is 6.20. The predicted octanol–water partition coefficient (Wildman–Crippen LogP) is 2.90. The molecule has 1 amide bonds. The summed E-state index contributed by atoms with van der Waals surface area (Å²) < 4.78 is 2.20. The first-order chi connectivity index (χ1) is 13.7. The molecule has 1 aliphatic heterocycles. The van der Waals surface area contributed by atoms with Crippen LogP contribution in [-0.4, -0.2) is 57.0 Å². The molecule has 0 unspecified atom stereocenters. The van der Waals surface area contributed by atoms with Crippen LogP contribution in [0.4, 0.5) is 0 Å². The number of benzene rings is 1. The number of piperidine rings is 1. The van der Waals surface area contributed by atoms with Crippen LogP contribution in [0.1, 0.15) is 49.9 Å². The van der Waals surface area contributed by atoms with Gasteiger partial charge in [-0.15, -0.1) is 10.2 Å². The lowest BCUT2D eigenvalue weighted by Gasteiger charge is -2.31. The Bertz CT molecular complexity index is 781. The van der Waals surface area contributed by atoms with Gasteiger partial charge in [0, 0.05) is 25.0 Å². The maximum atomic E-state index is 12.5. The molecule has 1 saturated heterocycles. The summed E-state index contributed by atoms with van der Waals surface area (Å²) in [7, 11) is 0. The van der Waals surface area contributed by atoms with Crippen LogP contribution >= 0.6 is 11.8 Å². The number of carbonyl (C=O) groups is 1. The van der Waals surface area contributed by atoms with Gasteiger partial charge in [-0.05, 0) is 37.8 Å². The molecule has 6 nitrogen and oxygen atoms in total. The van der Waals surface area contributed by atoms with E-state index in [-0.39, 0.29) is 5.91 Å². The first-order valence-electron chi connectivity index (χ1n) is 10.3. The van der Waals surface area contributed by atoms with Crippen molar-refractivity contribution in [1.29, 1.82) is 0 Å². The Hall–Kier alpha value is -1.86. The highest BCUT2D eigenvalue weighted by atomic mass is 32.2. The number of hydrogen-bond donors (Lipinski definition) is 1. The second-order valence-corrected chi connectivity index (χ2v) is 8.69. The third-order valence-electron chi connectivity index (χ3n) is 5.60. The average molecular weight is 400 g/mol. The van der Waals surface area contributed by atoms with E-state index in [0.29, 0.717) is 17.7 Å². The second-order valence-electron chi connectivity index (χ2n) is 7.75. The smallest absolute Gasteiger partial charge is 0.230 e. The van der Waals surface area contributed by atoms with Crippen LogP contribution in [0.15, 0.2) is 35.5 Å². The largest absolute Gasteiger partial charge is 0.353 e. The lowest BCUT2D eigenvalue weighted by molar-refractivity contribution is -0.119. The topological polar surface area (TPSA) is 63.1 Å². The molecule has 2 aliphatic rings. The van der Waals surface area contributed by atoms with Gasteiger partial charge in [-0.1, -0.05) is 49.0 Å². The second kappa shape index (κ2) is 9.09. The molecule has 1 N–H and O–H groups in total.